The van der Waals surface area contributed by atoms with Gasteiger partial charge in [-0.2, -0.15) is 0 Å². The van der Waals surface area contributed by atoms with Crippen LogP contribution in [0.3, 0.4) is 0 Å². The third kappa shape index (κ3) is 3.50. The van der Waals surface area contributed by atoms with E-state index in [0.717, 1.165) is 24.1 Å². The van der Waals surface area contributed by atoms with E-state index >= 15 is 0 Å². The van der Waals surface area contributed by atoms with Crippen LogP contribution >= 0.6 is 17.0 Å². The van der Waals surface area contributed by atoms with Gasteiger partial charge in [0.2, 0.25) is 0 Å². The second-order valence-electron chi connectivity index (χ2n) is 6.62. The molecule has 2 atom stereocenters. The van der Waals surface area contributed by atoms with Crippen molar-refractivity contribution in [2.45, 2.75) is 57.7 Å². The van der Waals surface area contributed by atoms with E-state index < -0.39 is 0 Å². The first-order valence-corrected chi connectivity index (χ1v) is 8.32. The SMILES string of the molecule is Br.CNC[C@@H]1O[C@H](C2CCCCC2)Cc2c1ccc(C)c2O. The molecule has 3 nitrogen and oxygen atoms in total. The van der Waals surface area contributed by atoms with Gasteiger partial charge in [0.25, 0.3) is 0 Å². The topological polar surface area (TPSA) is 41.5 Å². The zero-order chi connectivity index (χ0) is 14.8. The molecule has 1 fully saturated rings. The maximum Gasteiger partial charge on any atom is 0.122 e. The van der Waals surface area contributed by atoms with E-state index in [1.807, 2.05) is 20.0 Å². The van der Waals surface area contributed by atoms with Crippen LogP contribution in [-0.2, 0) is 11.2 Å². The second-order valence-corrected chi connectivity index (χ2v) is 6.62. The summed E-state index contributed by atoms with van der Waals surface area (Å²) >= 11 is 0. The first-order chi connectivity index (χ1) is 10.2. The molecular formula is C18H28BrNO2. The summed E-state index contributed by atoms with van der Waals surface area (Å²) < 4.78 is 6.41. The Morgan fingerprint density at radius 1 is 1.23 bits per heavy atom. The standard InChI is InChI=1S/C18H27NO2.BrH/c1-12-8-9-14-15(18(12)20)10-16(21-17(14)11-19-2)13-6-4-3-5-7-13;/h8-9,13,16-17,19-20H,3-7,10-11H2,1-2H3;1H/t16-,17-;/m0./s1. The first-order valence-electron chi connectivity index (χ1n) is 8.32. The van der Waals surface area contributed by atoms with Gasteiger partial charge in [-0.1, -0.05) is 31.4 Å². The van der Waals surface area contributed by atoms with Gasteiger partial charge in [-0.15, -0.1) is 17.0 Å². The van der Waals surface area contributed by atoms with Gasteiger partial charge in [-0.25, -0.2) is 0 Å². The Morgan fingerprint density at radius 2 is 1.95 bits per heavy atom. The van der Waals surface area contributed by atoms with Crippen LogP contribution in [0.1, 0.15) is 54.9 Å². The average Bonchev–Trinajstić information content (AvgIpc) is 2.52. The van der Waals surface area contributed by atoms with Crippen molar-refractivity contribution in [3.8, 4) is 5.75 Å². The zero-order valence-electron chi connectivity index (χ0n) is 13.6. The molecule has 1 aromatic carbocycles. The number of aromatic hydroxyl groups is 1. The maximum atomic E-state index is 10.5. The van der Waals surface area contributed by atoms with Gasteiger partial charge in [-0.3, -0.25) is 0 Å². The molecule has 4 heteroatoms. The Labute approximate surface area is 144 Å². The molecule has 3 rings (SSSR count). The lowest BCUT2D eigenvalue weighted by Gasteiger charge is -2.38. The molecule has 0 radical (unpaired) electrons. The minimum absolute atomic E-state index is 0. The van der Waals surface area contributed by atoms with Crippen molar-refractivity contribution < 1.29 is 9.84 Å². The lowest BCUT2D eigenvalue weighted by atomic mass is 9.80. The number of aryl methyl sites for hydroxylation is 1. The lowest BCUT2D eigenvalue weighted by Crippen LogP contribution is -2.36. The highest BCUT2D eigenvalue weighted by molar-refractivity contribution is 8.93. The number of nitrogens with one attached hydrogen (secondary N) is 1. The summed E-state index contributed by atoms with van der Waals surface area (Å²) in [6, 6.07) is 4.13. The summed E-state index contributed by atoms with van der Waals surface area (Å²) in [4.78, 5) is 0. The smallest absolute Gasteiger partial charge is 0.122 e. The molecule has 0 spiro atoms. The lowest BCUT2D eigenvalue weighted by molar-refractivity contribution is -0.0620. The van der Waals surface area contributed by atoms with Crippen molar-refractivity contribution in [2.24, 2.45) is 5.92 Å². The predicted molar refractivity (Wildman–Crippen MR) is 95.0 cm³/mol. The van der Waals surface area contributed by atoms with Gasteiger partial charge >= 0.3 is 0 Å². The van der Waals surface area contributed by atoms with E-state index in [4.69, 9.17) is 4.74 Å². The number of rotatable bonds is 3. The molecule has 22 heavy (non-hydrogen) atoms. The van der Waals surface area contributed by atoms with Crippen molar-refractivity contribution in [3.63, 3.8) is 0 Å². The van der Waals surface area contributed by atoms with Crippen molar-refractivity contribution in [1.82, 2.24) is 5.32 Å². The highest BCUT2D eigenvalue weighted by atomic mass is 79.9. The molecule has 0 unspecified atom stereocenters. The molecule has 0 amide bonds. The first kappa shape index (κ1) is 17.8. The molecule has 2 aliphatic rings. The largest absolute Gasteiger partial charge is 0.507 e. The number of halogens is 1. The Kier molecular flexibility index (Phi) is 6.30. The normalized spacial score (nSPS) is 25.4. The van der Waals surface area contributed by atoms with Crippen LogP contribution in [0.5, 0.6) is 5.75 Å². The number of hydrogen-bond donors (Lipinski definition) is 2. The Balaban J connectivity index is 0.00000176. The van der Waals surface area contributed by atoms with E-state index in [1.54, 1.807) is 0 Å². The predicted octanol–water partition coefficient (Wildman–Crippen LogP) is 4.06. The van der Waals surface area contributed by atoms with Gasteiger partial charge in [0.15, 0.2) is 0 Å². The van der Waals surface area contributed by atoms with Gasteiger partial charge < -0.3 is 15.2 Å². The number of benzene rings is 1. The van der Waals surface area contributed by atoms with Crippen molar-refractivity contribution in [2.75, 3.05) is 13.6 Å². The zero-order valence-corrected chi connectivity index (χ0v) is 15.3. The number of fused-ring (bicyclic) bond motifs is 1. The Hall–Kier alpha value is -0.580. The Morgan fingerprint density at radius 3 is 2.64 bits per heavy atom. The fraction of sp³-hybridized carbons (Fsp3) is 0.667. The van der Waals surface area contributed by atoms with E-state index in [0.29, 0.717) is 11.7 Å². The molecule has 1 aliphatic carbocycles. The van der Waals surface area contributed by atoms with Crippen LogP contribution in [0.15, 0.2) is 12.1 Å². The molecule has 124 valence electrons. The number of likely N-dealkylation sites (N-methyl/N-ethyl adjacent to an activating group) is 1. The quantitative estimate of drug-likeness (QED) is 0.843. The van der Waals surface area contributed by atoms with Crippen LogP contribution in [0.2, 0.25) is 0 Å². The average molecular weight is 370 g/mol. The fourth-order valence-electron chi connectivity index (χ4n) is 3.95. The summed E-state index contributed by atoms with van der Waals surface area (Å²) in [5.74, 6) is 1.14. The number of phenols is 1. The third-order valence-corrected chi connectivity index (χ3v) is 5.18. The minimum atomic E-state index is 0. The molecule has 1 aliphatic heterocycles. The summed E-state index contributed by atoms with van der Waals surface area (Å²) in [7, 11) is 1.96. The van der Waals surface area contributed by atoms with Crippen LogP contribution in [-0.4, -0.2) is 24.8 Å². The highest BCUT2D eigenvalue weighted by Crippen LogP contribution is 2.41. The van der Waals surface area contributed by atoms with Crippen molar-refractivity contribution >= 4 is 17.0 Å². The van der Waals surface area contributed by atoms with E-state index in [2.05, 4.69) is 11.4 Å². The van der Waals surface area contributed by atoms with Gasteiger partial charge in [-0.05, 0) is 43.9 Å². The Bertz CT molecular complexity index is 500. The van der Waals surface area contributed by atoms with Gasteiger partial charge in [0.05, 0.1) is 12.2 Å². The molecular weight excluding hydrogens is 342 g/mol. The van der Waals surface area contributed by atoms with E-state index in [-0.39, 0.29) is 29.2 Å². The van der Waals surface area contributed by atoms with Crippen LogP contribution in [0, 0.1) is 12.8 Å². The molecule has 0 saturated heterocycles. The fourth-order valence-corrected chi connectivity index (χ4v) is 3.95. The molecule has 0 bridgehead atoms. The van der Waals surface area contributed by atoms with Gasteiger partial charge in [0.1, 0.15) is 5.75 Å². The molecule has 0 aromatic heterocycles. The van der Waals surface area contributed by atoms with Crippen LogP contribution < -0.4 is 5.32 Å². The summed E-state index contributed by atoms with van der Waals surface area (Å²) in [5, 5.41) is 13.7. The monoisotopic (exact) mass is 369 g/mol. The molecule has 1 saturated carbocycles. The van der Waals surface area contributed by atoms with E-state index in [9.17, 15) is 5.11 Å². The molecule has 1 aromatic rings. The number of phenolic OH excluding ortho intramolecular Hbond substituents is 1. The second kappa shape index (κ2) is 7.80. The van der Waals surface area contributed by atoms with Gasteiger partial charge in [0, 0.05) is 18.5 Å². The van der Waals surface area contributed by atoms with Crippen LogP contribution in [0.25, 0.3) is 0 Å². The van der Waals surface area contributed by atoms with Crippen LogP contribution in [0.4, 0.5) is 0 Å². The number of hydrogen-bond acceptors (Lipinski definition) is 3. The maximum absolute atomic E-state index is 10.5. The third-order valence-electron chi connectivity index (χ3n) is 5.18. The summed E-state index contributed by atoms with van der Waals surface area (Å²) in [5.41, 5.74) is 3.26. The molecule has 1 heterocycles. The number of ether oxygens (including phenoxy) is 1. The van der Waals surface area contributed by atoms with Crippen molar-refractivity contribution in [1.29, 1.82) is 0 Å². The molecule has 2 N–H and O–H groups in total. The minimum Gasteiger partial charge on any atom is -0.507 e. The highest BCUT2D eigenvalue weighted by Gasteiger charge is 2.34. The van der Waals surface area contributed by atoms with E-state index in [1.165, 1.54) is 37.7 Å². The summed E-state index contributed by atoms with van der Waals surface area (Å²) in [6.07, 6.45) is 7.78. The van der Waals surface area contributed by atoms with Crippen molar-refractivity contribution in [3.05, 3.63) is 28.8 Å². The summed E-state index contributed by atoms with van der Waals surface area (Å²) in [6.45, 7) is 2.78.